The molecule has 0 aromatic rings. The normalized spacial score (nSPS) is 8.59. The van der Waals surface area contributed by atoms with Crippen LogP contribution < -0.4 is 9.44 Å². The molecule has 8 nitrogen and oxygen atoms in total. The van der Waals surface area contributed by atoms with Crippen molar-refractivity contribution in [3.8, 4) is 0 Å². The zero-order valence-electron chi connectivity index (χ0n) is 9.34. The van der Waals surface area contributed by atoms with Gasteiger partial charge in [-0.1, -0.05) is 0 Å². The van der Waals surface area contributed by atoms with Crippen LogP contribution >= 0.6 is 12.1 Å². The van der Waals surface area contributed by atoms with Crippen LogP contribution in [0.25, 0.3) is 0 Å². The van der Waals surface area contributed by atoms with Gasteiger partial charge in [0.2, 0.25) is 0 Å². The third-order valence-corrected chi connectivity index (χ3v) is 1.69. The molecule has 0 rings (SSSR count). The van der Waals surface area contributed by atoms with Crippen LogP contribution in [0.15, 0.2) is 0 Å². The summed E-state index contributed by atoms with van der Waals surface area (Å²) in [6.45, 7) is -0.111. The van der Waals surface area contributed by atoms with E-state index in [0.717, 1.165) is 25.5 Å². The van der Waals surface area contributed by atoms with Gasteiger partial charge in [0, 0.05) is 25.7 Å². The highest BCUT2D eigenvalue weighted by Gasteiger charge is 2.01. The average molecular weight is 268 g/mol. The van der Waals surface area contributed by atoms with Gasteiger partial charge in [-0.2, -0.15) is 0 Å². The summed E-state index contributed by atoms with van der Waals surface area (Å²) in [7, 11) is 1.00. The van der Waals surface area contributed by atoms with Gasteiger partial charge >= 0.3 is 12.1 Å². The molecule has 17 heavy (non-hydrogen) atoms. The number of carboxylic acid groups (broad SMARTS) is 1. The van der Waals surface area contributed by atoms with Crippen molar-refractivity contribution < 1.29 is 29.3 Å². The van der Waals surface area contributed by atoms with Crippen LogP contribution in [0.2, 0.25) is 0 Å². The Morgan fingerprint density at radius 1 is 1.41 bits per heavy atom. The molecule has 0 bridgehead atoms. The zero-order chi connectivity index (χ0) is 13.5. The van der Waals surface area contributed by atoms with Crippen molar-refractivity contribution in [2.24, 2.45) is 0 Å². The number of nitrogens with one attached hydrogen (secondary N) is 2. The third-order valence-electron chi connectivity index (χ3n) is 1.13. The summed E-state index contributed by atoms with van der Waals surface area (Å²) in [4.78, 5) is 30.8. The van der Waals surface area contributed by atoms with E-state index >= 15 is 0 Å². The molecule has 1 amide bonds. The van der Waals surface area contributed by atoms with Crippen molar-refractivity contribution in [1.82, 2.24) is 9.44 Å². The minimum Gasteiger partial charge on any atom is -0.480 e. The quantitative estimate of drug-likeness (QED) is 0.265. The lowest BCUT2D eigenvalue weighted by molar-refractivity contribution is -0.135. The molecule has 100 valence electrons. The Hall–Kier alpha value is -1.32. The molecular formula is C8H16N2O6S. The van der Waals surface area contributed by atoms with Crippen molar-refractivity contribution in [2.45, 2.75) is 12.8 Å². The fourth-order valence-corrected chi connectivity index (χ4v) is 0.947. The van der Waals surface area contributed by atoms with Gasteiger partial charge in [-0.15, -0.1) is 0 Å². The van der Waals surface area contributed by atoms with Gasteiger partial charge in [0.15, 0.2) is 0 Å². The molecule has 0 aromatic heterocycles. The Kier molecular flexibility index (Phi) is 15.6. The molecule has 0 aromatic carbocycles. The number of carbonyl (C=O) groups is 3. The lowest BCUT2D eigenvalue weighted by atomic mass is 10.4. The van der Waals surface area contributed by atoms with Gasteiger partial charge in [0.1, 0.15) is 12.8 Å². The number of unbranched alkanes of at least 4 members (excludes halogenated alkanes) is 1. The fraction of sp³-hybridized carbons (Fsp3) is 0.625. The van der Waals surface area contributed by atoms with E-state index in [1.807, 2.05) is 0 Å². The predicted molar refractivity (Wildman–Crippen MR) is 61.2 cm³/mol. The maximum atomic E-state index is 10.8. The predicted octanol–water partition coefficient (Wildman–Crippen LogP) is -0.462. The van der Waals surface area contributed by atoms with Crippen molar-refractivity contribution in [1.29, 1.82) is 0 Å². The molecule has 0 aliphatic heterocycles. The van der Waals surface area contributed by atoms with Crippen LogP contribution in [0.5, 0.6) is 0 Å². The number of hydrogen-bond acceptors (Lipinski definition) is 7. The van der Waals surface area contributed by atoms with Crippen molar-refractivity contribution in [3.05, 3.63) is 0 Å². The van der Waals surface area contributed by atoms with Gasteiger partial charge in [-0.3, -0.25) is 9.52 Å². The molecule has 0 aliphatic rings. The monoisotopic (exact) mass is 268 g/mol. The van der Waals surface area contributed by atoms with Crippen LogP contribution in [0.1, 0.15) is 12.8 Å². The second-order valence-corrected chi connectivity index (χ2v) is 3.06. The van der Waals surface area contributed by atoms with Crippen molar-refractivity contribution in [3.63, 3.8) is 0 Å². The standard InChI is InChI=1S/C7H12N2O5S.CH4O/c10-3-1-2-4-14-7(13)9-15-8-5-6(11)12;1-2/h3,8H,1-2,4-5H2,(H,9,13)(H,11,12);2H,1H3. The summed E-state index contributed by atoms with van der Waals surface area (Å²) in [5.41, 5.74) is 0. The molecule has 0 aliphatic carbocycles. The van der Waals surface area contributed by atoms with Crippen LogP contribution in [0.3, 0.4) is 0 Å². The van der Waals surface area contributed by atoms with E-state index in [1.165, 1.54) is 0 Å². The average Bonchev–Trinajstić information content (AvgIpc) is 2.33. The van der Waals surface area contributed by atoms with E-state index in [9.17, 15) is 14.4 Å². The number of aldehydes is 1. The number of ether oxygens (including phenoxy) is 1. The number of amides is 1. The Balaban J connectivity index is 0. The Labute approximate surface area is 103 Å². The Morgan fingerprint density at radius 3 is 2.59 bits per heavy atom. The first-order chi connectivity index (χ1) is 8.16. The molecule has 0 radical (unpaired) electrons. The molecule has 0 unspecified atom stereocenters. The second-order valence-electron chi connectivity index (χ2n) is 2.36. The topological polar surface area (TPSA) is 125 Å². The van der Waals surface area contributed by atoms with Gasteiger partial charge in [0.25, 0.3) is 0 Å². The van der Waals surface area contributed by atoms with E-state index in [2.05, 4.69) is 14.2 Å². The first-order valence-electron chi connectivity index (χ1n) is 4.58. The molecule has 0 atom stereocenters. The van der Waals surface area contributed by atoms with E-state index < -0.39 is 12.1 Å². The van der Waals surface area contributed by atoms with Gasteiger partial charge in [-0.25, -0.2) is 9.52 Å². The lowest BCUT2D eigenvalue weighted by Crippen LogP contribution is -2.25. The largest absolute Gasteiger partial charge is 0.480 e. The Morgan fingerprint density at radius 2 is 2.06 bits per heavy atom. The molecule has 0 heterocycles. The van der Waals surface area contributed by atoms with Gasteiger partial charge in [0.05, 0.1) is 6.61 Å². The highest BCUT2D eigenvalue weighted by molar-refractivity contribution is 7.96. The summed E-state index contributed by atoms with van der Waals surface area (Å²) in [6, 6.07) is 0. The molecule has 0 saturated heterocycles. The van der Waals surface area contributed by atoms with Crippen LogP contribution in [0.4, 0.5) is 4.79 Å². The van der Waals surface area contributed by atoms with E-state index in [0.29, 0.717) is 12.8 Å². The van der Waals surface area contributed by atoms with E-state index in [-0.39, 0.29) is 13.2 Å². The molecule has 0 spiro atoms. The van der Waals surface area contributed by atoms with Crippen molar-refractivity contribution in [2.75, 3.05) is 20.3 Å². The SMILES string of the molecule is CO.O=CCCCOC(=O)NSNCC(=O)O. The number of rotatable bonds is 8. The fourth-order valence-electron chi connectivity index (χ4n) is 0.537. The summed E-state index contributed by atoms with van der Waals surface area (Å²) in [5, 5.41) is 15.2. The van der Waals surface area contributed by atoms with Gasteiger partial charge < -0.3 is 19.7 Å². The minimum absolute atomic E-state index is 0.157. The molecule has 9 heteroatoms. The zero-order valence-corrected chi connectivity index (χ0v) is 10.2. The first kappa shape index (κ1) is 18.1. The highest BCUT2D eigenvalue weighted by atomic mass is 32.2. The summed E-state index contributed by atoms with van der Waals surface area (Å²) in [5.74, 6) is -1.02. The lowest BCUT2D eigenvalue weighted by Gasteiger charge is -2.04. The molecule has 0 fully saturated rings. The maximum absolute atomic E-state index is 10.8. The van der Waals surface area contributed by atoms with Crippen LogP contribution in [0, 0.1) is 0 Å². The molecule has 0 saturated carbocycles. The third kappa shape index (κ3) is 17.3. The van der Waals surface area contributed by atoms with E-state index in [4.69, 9.17) is 10.2 Å². The summed E-state index contributed by atoms with van der Waals surface area (Å²) < 4.78 is 9.21. The molecular weight excluding hydrogens is 252 g/mol. The second kappa shape index (κ2) is 14.7. The number of aliphatic hydroxyl groups excluding tert-OH is 1. The van der Waals surface area contributed by atoms with Crippen molar-refractivity contribution >= 4 is 30.5 Å². The highest BCUT2D eigenvalue weighted by Crippen LogP contribution is 1.90. The number of hydrogen-bond donors (Lipinski definition) is 4. The van der Waals surface area contributed by atoms with Crippen LogP contribution in [-0.4, -0.2) is 48.8 Å². The minimum atomic E-state index is -1.02. The summed E-state index contributed by atoms with van der Waals surface area (Å²) in [6.07, 6.45) is 0.885. The number of aliphatic hydroxyl groups is 1. The van der Waals surface area contributed by atoms with Crippen LogP contribution in [-0.2, 0) is 14.3 Å². The molecule has 4 N–H and O–H groups in total. The Bertz CT molecular complexity index is 226. The van der Waals surface area contributed by atoms with E-state index in [1.54, 1.807) is 0 Å². The number of aliphatic carboxylic acids is 1. The number of carbonyl (C=O) groups excluding carboxylic acids is 2. The first-order valence-corrected chi connectivity index (χ1v) is 5.40. The smallest absolute Gasteiger partial charge is 0.418 e. The maximum Gasteiger partial charge on any atom is 0.418 e. The van der Waals surface area contributed by atoms with Gasteiger partial charge in [-0.05, 0) is 6.42 Å². The summed E-state index contributed by atoms with van der Waals surface area (Å²) >= 11 is 0.729. The number of carboxylic acids is 1.